The molecule has 0 amide bonds. The standard InChI is InChI=1S/C16H16N2O5/c1-9(2)21-16-18-17-15(23-16)14-6-11-12(20-8-10-7-19-10)4-3-5-13(11)22-14/h3-6,9-10H,7-8H2,1-2H3/t10-/m0/s1. The number of ether oxygens (including phenoxy) is 3. The first kappa shape index (κ1) is 14.1. The van der Waals surface area contributed by atoms with Gasteiger partial charge in [-0.25, -0.2) is 0 Å². The Labute approximate surface area is 132 Å². The number of fused-ring (bicyclic) bond motifs is 1. The number of aromatic nitrogens is 2. The van der Waals surface area contributed by atoms with E-state index in [-0.39, 0.29) is 24.2 Å². The van der Waals surface area contributed by atoms with E-state index >= 15 is 0 Å². The molecule has 7 heteroatoms. The summed E-state index contributed by atoms with van der Waals surface area (Å²) in [6.07, 6.45) is 0.282. The first-order chi connectivity index (χ1) is 11.2. The van der Waals surface area contributed by atoms with Crippen molar-refractivity contribution >= 4 is 11.0 Å². The third-order valence-electron chi connectivity index (χ3n) is 3.30. The minimum Gasteiger partial charge on any atom is -0.490 e. The number of nitrogens with zero attached hydrogens (tertiary/aromatic N) is 2. The highest BCUT2D eigenvalue weighted by Crippen LogP contribution is 2.34. The molecule has 0 aliphatic carbocycles. The van der Waals surface area contributed by atoms with Crippen molar-refractivity contribution in [2.45, 2.75) is 26.1 Å². The van der Waals surface area contributed by atoms with Crippen LogP contribution in [0.15, 0.2) is 33.1 Å². The van der Waals surface area contributed by atoms with Crippen LogP contribution in [0.4, 0.5) is 0 Å². The summed E-state index contributed by atoms with van der Waals surface area (Å²) in [4.78, 5) is 0. The zero-order chi connectivity index (χ0) is 15.8. The smallest absolute Gasteiger partial charge is 0.415 e. The molecule has 1 aliphatic rings. The van der Waals surface area contributed by atoms with E-state index < -0.39 is 0 Å². The fraction of sp³-hybridized carbons (Fsp3) is 0.375. The Bertz CT molecular complexity index is 819. The van der Waals surface area contributed by atoms with Crippen LogP contribution in [0.25, 0.3) is 22.6 Å². The summed E-state index contributed by atoms with van der Waals surface area (Å²) in [6, 6.07) is 7.46. The fourth-order valence-electron chi connectivity index (χ4n) is 2.17. The number of furan rings is 1. The second kappa shape index (κ2) is 5.58. The van der Waals surface area contributed by atoms with Gasteiger partial charge in [0.15, 0.2) is 5.76 Å². The lowest BCUT2D eigenvalue weighted by Gasteiger charge is -2.04. The molecule has 0 bridgehead atoms. The first-order valence-electron chi connectivity index (χ1n) is 7.46. The summed E-state index contributed by atoms with van der Waals surface area (Å²) in [6.45, 7) is 5.07. The maximum atomic E-state index is 5.77. The number of hydrogen-bond acceptors (Lipinski definition) is 7. The molecule has 0 spiro atoms. The Kier molecular flexibility index (Phi) is 3.42. The van der Waals surface area contributed by atoms with Gasteiger partial charge in [0.2, 0.25) is 0 Å². The van der Waals surface area contributed by atoms with E-state index in [0.717, 1.165) is 17.7 Å². The second-order valence-electron chi connectivity index (χ2n) is 5.58. The van der Waals surface area contributed by atoms with Crippen molar-refractivity contribution in [3.8, 4) is 23.5 Å². The van der Waals surface area contributed by atoms with Gasteiger partial charge in [-0.15, -0.1) is 5.10 Å². The van der Waals surface area contributed by atoms with Crippen LogP contribution < -0.4 is 9.47 Å². The number of epoxide rings is 1. The van der Waals surface area contributed by atoms with E-state index in [9.17, 15) is 0 Å². The Morgan fingerprint density at radius 2 is 2.13 bits per heavy atom. The molecular formula is C16H16N2O5. The third kappa shape index (κ3) is 3.00. The molecule has 1 aromatic carbocycles. The predicted octanol–water partition coefficient (Wildman–Crippen LogP) is 3.05. The number of hydrogen-bond donors (Lipinski definition) is 0. The monoisotopic (exact) mass is 316 g/mol. The molecule has 0 radical (unpaired) electrons. The van der Waals surface area contributed by atoms with Crippen LogP contribution in [-0.2, 0) is 4.74 Å². The van der Waals surface area contributed by atoms with Crippen molar-refractivity contribution in [1.29, 1.82) is 0 Å². The minimum absolute atomic E-state index is 0.0383. The molecule has 4 rings (SSSR count). The molecule has 1 aliphatic heterocycles. The van der Waals surface area contributed by atoms with Crippen molar-refractivity contribution in [3.63, 3.8) is 0 Å². The lowest BCUT2D eigenvalue weighted by Crippen LogP contribution is -2.05. The average Bonchev–Trinajstić information content (AvgIpc) is 3.05. The third-order valence-corrected chi connectivity index (χ3v) is 3.30. The van der Waals surface area contributed by atoms with Crippen molar-refractivity contribution in [2.24, 2.45) is 0 Å². The Hall–Kier alpha value is -2.54. The predicted molar refractivity (Wildman–Crippen MR) is 80.5 cm³/mol. The Morgan fingerprint density at radius 3 is 2.91 bits per heavy atom. The van der Waals surface area contributed by atoms with E-state index in [4.69, 9.17) is 23.0 Å². The highest BCUT2D eigenvalue weighted by molar-refractivity contribution is 5.87. The summed E-state index contributed by atoms with van der Waals surface area (Å²) in [5, 5.41) is 8.65. The summed E-state index contributed by atoms with van der Waals surface area (Å²) >= 11 is 0. The maximum absolute atomic E-state index is 5.77. The summed E-state index contributed by atoms with van der Waals surface area (Å²) in [5.41, 5.74) is 0.693. The molecule has 1 atom stereocenters. The van der Waals surface area contributed by atoms with Crippen LogP contribution in [0.2, 0.25) is 0 Å². The van der Waals surface area contributed by atoms with Gasteiger partial charge in [-0.3, -0.25) is 0 Å². The molecule has 2 aromatic heterocycles. The van der Waals surface area contributed by atoms with Gasteiger partial charge in [-0.2, -0.15) is 0 Å². The molecule has 3 aromatic rings. The largest absolute Gasteiger partial charge is 0.490 e. The van der Waals surface area contributed by atoms with Gasteiger partial charge in [0, 0.05) is 6.07 Å². The van der Waals surface area contributed by atoms with Crippen molar-refractivity contribution in [2.75, 3.05) is 13.2 Å². The maximum Gasteiger partial charge on any atom is 0.415 e. The zero-order valence-corrected chi connectivity index (χ0v) is 12.8. The molecule has 120 valence electrons. The molecule has 0 N–H and O–H groups in total. The molecule has 1 fully saturated rings. The lowest BCUT2D eigenvalue weighted by atomic mass is 10.2. The van der Waals surface area contributed by atoms with Crippen LogP contribution in [-0.4, -0.2) is 35.6 Å². The van der Waals surface area contributed by atoms with Crippen LogP contribution in [0.5, 0.6) is 11.8 Å². The van der Waals surface area contributed by atoms with Crippen molar-refractivity contribution in [1.82, 2.24) is 10.2 Å². The van der Waals surface area contributed by atoms with Crippen molar-refractivity contribution in [3.05, 3.63) is 24.3 Å². The van der Waals surface area contributed by atoms with E-state index in [1.165, 1.54) is 0 Å². The van der Waals surface area contributed by atoms with E-state index in [1.54, 1.807) is 0 Å². The van der Waals surface area contributed by atoms with E-state index in [2.05, 4.69) is 10.2 Å². The summed E-state index contributed by atoms with van der Waals surface area (Å²) in [5.74, 6) is 1.49. The highest BCUT2D eigenvalue weighted by Gasteiger charge is 2.24. The Morgan fingerprint density at radius 1 is 1.26 bits per heavy atom. The van der Waals surface area contributed by atoms with Gasteiger partial charge in [-0.05, 0) is 26.0 Å². The Balaban J connectivity index is 1.62. The van der Waals surface area contributed by atoms with Gasteiger partial charge in [0.05, 0.1) is 18.1 Å². The molecular weight excluding hydrogens is 300 g/mol. The van der Waals surface area contributed by atoms with E-state index in [1.807, 2.05) is 38.1 Å². The van der Waals surface area contributed by atoms with E-state index in [0.29, 0.717) is 18.0 Å². The molecule has 0 saturated carbocycles. The average molecular weight is 316 g/mol. The molecule has 1 saturated heterocycles. The van der Waals surface area contributed by atoms with Crippen molar-refractivity contribution < 1.29 is 23.0 Å². The lowest BCUT2D eigenvalue weighted by molar-refractivity contribution is 0.177. The van der Waals surface area contributed by atoms with Crippen LogP contribution >= 0.6 is 0 Å². The SMILES string of the molecule is CC(C)Oc1nnc(-c2cc3c(OC[C@@H]4CO4)cccc3o2)o1. The van der Waals surface area contributed by atoms with Crippen LogP contribution in [0.3, 0.4) is 0 Å². The highest BCUT2D eigenvalue weighted by atomic mass is 16.6. The first-order valence-corrected chi connectivity index (χ1v) is 7.46. The summed E-state index contributed by atoms with van der Waals surface area (Å²) in [7, 11) is 0. The molecule has 7 nitrogen and oxygen atoms in total. The normalized spacial score (nSPS) is 16.9. The molecule has 23 heavy (non-hydrogen) atoms. The van der Waals surface area contributed by atoms with Gasteiger partial charge in [0.1, 0.15) is 24.0 Å². The van der Waals surface area contributed by atoms with Crippen LogP contribution in [0.1, 0.15) is 13.8 Å². The van der Waals surface area contributed by atoms with Gasteiger partial charge < -0.3 is 23.0 Å². The quantitative estimate of drug-likeness (QED) is 0.646. The summed E-state index contributed by atoms with van der Waals surface area (Å²) < 4.78 is 27.5. The number of rotatable bonds is 6. The minimum atomic E-state index is -0.0383. The fourth-order valence-corrected chi connectivity index (χ4v) is 2.17. The zero-order valence-electron chi connectivity index (χ0n) is 12.8. The number of benzene rings is 1. The van der Waals surface area contributed by atoms with Crippen LogP contribution in [0, 0.1) is 0 Å². The van der Waals surface area contributed by atoms with Gasteiger partial charge in [-0.1, -0.05) is 11.2 Å². The second-order valence-corrected chi connectivity index (χ2v) is 5.58. The van der Waals surface area contributed by atoms with Gasteiger partial charge >= 0.3 is 6.08 Å². The topological polar surface area (TPSA) is 83.1 Å². The molecule has 3 heterocycles. The molecule has 0 unspecified atom stereocenters. The van der Waals surface area contributed by atoms with Gasteiger partial charge in [0.25, 0.3) is 5.89 Å².